The number of hydrogen-bond acceptors (Lipinski definition) is 3. The van der Waals surface area contributed by atoms with Crippen LogP contribution >= 0.6 is 0 Å². The Morgan fingerprint density at radius 3 is 2.46 bits per heavy atom. The van der Waals surface area contributed by atoms with E-state index in [1.807, 2.05) is 20.8 Å². The molecule has 0 aromatic carbocycles. The summed E-state index contributed by atoms with van der Waals surface area (Å²) >= 11 is 0. The van der Waals surface area contributed by atoms with Gasteiger partial charge in [0, 0.05) is 13.1 Å². The average molecular weight is 187 g/mol. The molecule has 76 valence electrons. The predicted octanol–water partition coefficient (Wildman–Crippen LogP) is 0.00460. The highest BCUT2D eigenvalue weighted by atomic mass is 16.5. The van der Waals surface area contributed by atoms with E-state index in [4.69, 9.17) is 9.84 Å². The number of β-amino-alcohol motifs (C(OH)–C–C–N with tert-alkyl or cyclic N) is 1. The van der Waals surface area contributed by atoms with Gasteiger partial charge in [-0.15, -0.1) is 0 Å². The van der Waals surface area contributed by atoms with Crippen LogP contribution in [0.1, 0.15) is 20.8 Å². The summed E-state index contributed by atoms with van der Waals surface area (Å²) in [6, 6.07) is 0. The van der Waals surface area contributed by atoms with Gasteiger partial charge in [-0.3, -0.25) is 4.79 Å². The van der Waals surface area contributed by atoms with E-state index in [2.05, 4.69) is 0 Å². The molecule has 1 N–H and O–H groups in total. The summed E-state index contributed by atoms with van der Waals surface area (Å²) in [6.07, 6.45) is -0.335. The molecule has 0 unspecified atom stereocenters. The molecule has 1 rings (SSSR count). The quantitative estimate of drug-likeness (QED) is 0.662. The summed E-state index contributed by atoms with van der Waals surface area (Å²) in [6.45, 7) is 6.73. The summed E-state index contributed by atoms with van der Waals surface area (Å²) in [5, 5.41) is 8.96. The number of amides is 1. The Labute approximate surface area is 78.5 Å². The first-order chi connectivity index (χ1) is 5.88. The first-order valence-corrected chi connectivity index (χ1v) is 4.48. The van der Waals surface area contributed by atoms with Gasteiger partial charge in [-0.2, -0.15) is 0 Å². The Morgan fingerprint density at radius 2 is 2.08 bits per heavy atom. The van der Waals surface area contributed by atoms with Crippen molar-refractivity contribution in [1.82, 2.24) is 4.90 Å². The SMILES string of the molecule is CC(C)(C)OCC(=O)N1CC(O)C1. The predicted molar refractivity (Wildman–Crippen MR) is 48.3 cm³/mol. The van der Waals surface area contributed by atoms with Gasteiger partial charge < -0.3 is 14.7 Å². The number of nitrogens with zero attached hydrogens (tertiary/aromatic N) is 1. The number of carbonyl (C=O) groups is 1. The van der Waals surface area contributed by atoms with Crippen molar-refractivity contribution in [1.29, 1.82) is 0 Å². The molecule has 0 bridgehead atoms. The standard InChI is InChI=1S/C9H17NO3/c1-9(2,3)13-6-8(12)10-4-7(11)5-10/h7,11H,4-6H2,1-3H3. The van der Waals surface area contributed by atoms with Crippen LogP contribution in [0.4, 0.5) is 0 Å². The van der Waals surface area contributed by atoms with E-state index in [0.717, 1.165) is 0 Å². The summed E-state index contributed by atoms with van der Waals surface area (Å²) < 4.78 is 5.31. The van der Waals surface area contributed by atoms with Crippen molar-refractivity contribution in [3.8, 4) is 0 Å². The van der Waals surface area contributed by atoms with Crippen LogP contribution in [-0.4, -0.2) is 47.3 Å². The first-order valence-electron chi connectivity index (χ1n) is 4.48. The van der Waals surface area contributed by atoms with Crippen LogP contribution in [0.3, 0.4) is 0 Å². The Bertz CT molecular complexity index is 192. The van der Waals surface area contributed by atoms with Crippen molar-refractivity contribution in [2.24, 2.45) is 0 Å². The van der Waals surface area contributed by atoms with Crippen LogP contribution in [0.15, 0.2) is 0 Å². The van der Waals surface area contributed by atoms with Crippen molar-refractivity contribution in [3.05, 3.63) is 0 Å². The number of rotatable bonds is 2. The highest BCUT2D eigenvalue weighted by molar-refractivity contribution is 5.78. The van der Waals surface area contributed by atoms with Gasteiger partial charge in [0.25, 0.3) is 0 Å². The van der Waals surface area contributed by atoms with Crippen LogP contribution in [0.2, 0.25) is 0 Å². The average Bonchev–Trinajstić information content (AvgIpc) is 1.93. The smallest absolute Gasteiger partial charge is 0.248 e. The van der Waals surface area contributed by atoms with E-state index in [1.54, 1.807) is 4.90 Å². The van der Waals surface area contributed by atoms with Crippen LogP contribution in [0.5, 0.6) is 0 Å². The molecule has 1 saturated heterocycles. The summed E-state index contributed by atoms with van der Waals surface area (Å²) in [7, 11) is 0. The zero-order valence-corrected chi connectivity index (χ0v) is 8.41. The Balaban J connectivity index is 2.19. The second kappa shape index (κ2) is 3.64. The fourth-order valence-corrected chi connectivity index (χ4v) is 1.03. The van der Waals surface area contributed by atoms with Crippen molar-refractivity contribution >= 4 is 5.91 Å². The van der Waals surface area contributed by atoms with Gasteiger partial charge in [-0.1, -0.05) is 0 Å². The van der Waals surface area contributed by atoms with Crippen LogP contribution in [0, 0.1) is 0 Å². The highest BCUT2D eigenvalue weighted by Crippen LogP contribution is 2.10. The van der Waals surface area contributed by atoms with Crippen LogP contribution in [-0.2, 0) is 9.53 Å². The number of carbonyl (C=O) groups excluding carboxylic acids is 1. The lowest BCUT2D eigenvalue weighted by Gasteiger charge is -2.36. The third kappa shape index (κ3) is 3.32. The minimum Gasteiger partial charge on any atom is -0.389 e. The molecule has 0 saturated carbocycles. The lowest BCUT2D eigenvalue weighted by Crippen LogP contribution is -2.54. The maximum absolute atomic E-state index is 11.3. The third-order valence-corrected chi connectivity index (χ3v) is 1.84. The molecule has 1 aliphatic heterocycles. The molecule has 0 aromatic heterocycles. The lowest BCUT2D eigenvalue weighted by molar-refractivity contribution is -0.150. The third-order valence-electron chi connectivity index (χ3n) is 1.84. The Hall–Kier alpha value is -0.610. The van der Waals surface area contributed by atoms with Gasteiger partial charge in [0.1, 0.15) is 6.61 Å². The zero-order chi connectivity index (χ0) is 10.1. The Morgan fingerprint density at radius 1 is 1.54 bits per heavy atom. The zero-order valence-electron chi connectivity index (χ0n) is 8.41. The van der Waals surface area contributed by atoms with Gasteiger partial charge in [0.2, 0.25) is 5.91 Å². The molecular weight excluding hydrogens is 170 g/mol. The van der Waals surface area contributed by atoms with Gasteiger partial charge in [0.15, 0.2) is 0 Å². The van der Waals surface area contributed by atoms with Crippen LogP contribution < -0.4 is 0 Å². The molecule has 13 heavy (non-hydrogen) atoms. The summed E-state index contributed by atoms with van der Waals surface area (Å²) in [4.78, 5) is 12.9. The second-order valence-corrected chi connectivity index (χ2v) is 4.35. The Kier molecular flexibility index (Phi) is 2.93. The van der Waals surface area contributed by atoms with E-state index in [9.17, 15) is 4.79 Å². The van der Waals surface area contributed by atoms with Crippen molar-refractivity contribution < 1.29 is 14.6 Å². The minimum atomic E-state index is -0.335. The number of hydrogen-bond donors (Lipinski definition) is 1. The van der Waals surface area contributed by atoms with Crippen molar-refractivity contribution in [2.75, 3.05) is 19.7 Å². The van der Waals surface area contributed by atoms with Gasteiger partial charge in [-0.25, -0.2) is 0 Å². The van der Waals surface area contributed by atoms with Gasteiger partial charge in [0.05, 0.1) is 11.7 Å². The molecule has 1 amide bonds. The largest absolute Gasteiger partial charge is 0.389 e. The fourth-order valence-electron chi connectivity index (χ4n) is 1.03. The topological polar surface area (TPSA) is 49.8 Å². The van der Waals surface area contributed by atoms with Gasteiger partial charge >= 0.3 is 0 Å². The minimum absolute atomic E-state index is 0.0415. The monoisotopic (exact) mass is 187 g/mol. The number of likely N-dealkylation sites (tertiary alicyclic amines) is 1. The molecule has 1 fully saturated rings. The molecule has 4 nitrogen and oxygen atoms in total. The van der Waals surface area contributed by atoms with Crippen molar-refractivity contribution in [2.45, 2.75) is 32.5 Å². The molecule has 1 aliphatic rings. The van der Waals surface area contributed by atoms with Crippen molar-refractivity contribution in [3.63, 3.8) is 0 Å². The maximum atomic E-state index is 11.3. The van der Waals surface area contributed by atoms with E-state index < -0.39 is 0 Å². The summed E-state index contributed by atoms with van der Waals surface area (Å²) in [5.74, 6) is -0.0415. The second-order valence-electron chi connectivity index (χ2n) is 4.35. The molecule has 0 spiro atoms. The van der Waals surface area contributed by atoms with Crippen LogP contribution in [0.25, 0.3) is 0 Å². The molecular formula is C9H17NO3. The normalized spacial score (nSPS) is 18.6. The molecule has 0 atom stereocenters. The van der Waals surface area contributed by atoms with E-state index in [1.165, 1.54) is 0 Å². The number of aliphatic hydroxyl groups excluding tert-OH is 1. The van der Waals surface area contributed by atoms with E-state index >= 15 is 0 Å². The molecule has 0 aromatic rings. The molecule has 0 radical (unpaired) electrons. The maximum Gasteiger partial charge on any atom is 0.248 e. The lowest BCUT2D eigenvalue weighted by atomic mass is 10.1. The molecule has 1 heterocycles. The molecule has 0 aliphatic carbocycles. The number of aliphatic hydroxyl groups is 1. The molecule has 4 heteroatoms. The first kappa shape index (κ1) is 10.5. The fraction of sp³-hybridized carbons (Fsp3) is 0.889. The summed E-state index contributed by atoms with van der Waals surface area (Å²) in [5.41, 5.74) is -0.279. The van der Waals surface area contributed by atoms with E-state index in [-0.39, 0.29) is 24.2 Å². The van der Waals surface area contributed by atoms with E-state index in [0.29, 0.717) is 13.1 Å². The highest BCUT2D eigenvalue weighted by Gasteiger charge is 2.29. The van der Waals surface area contributed by atoms with Gasteiger partial charge in [-0.05, 0) is 20.8 Å². The number of ether oxygens (including phenoxy) is 1.